The molecule has 28 heavy (non-hydrogen) atoms. The summed E-state index contributed by atoms with van der Waals surface area (Å²) in [7, 11) is 0. The van der Waals surface area contributed by atoms with E-state index < -0.39 is 17.5 Å². The van der Waals surface area contributed by atoms with Gasteiger partial charge in [0.2, 0.25) is 0 Å². The van der Waals surface area contributed by atoms with E-state index in [1.807, 2.05) is 33.7 Å². The molecule has 3 aromatic rings. The third-order valence-electron chi connectivity index (χ3n) is 5.60. The maximum Gasteiger partial charge on any atom is 0.313 e. The van der Waals surface area contributed by atoms with Gasteiger partial charge < -0.3 is 14.6 Å². The molecule has 1 fully saturated rings. The van der Waals surface area contributed by atoms with E-state index in [1.54, 1.807) is 18.3 Å². The van der Waals surface area contributed by atoms with Gasteiger partial charge in [-0.1, -0.05) is 18.2 Å². The summed E-state index contributed by atoms with van der Waals surface area (Å²) in [6, 6.07) is 11.5. The molecular formula is C21H22FN3O3. The molecule has 1 aliphatic rings. The molecule has 146 valence electrons. The Morgan fingerprint density at radius 3 is 2.79 bits per heavy atom. The number of aliphatic hydroxyl groups excluding tert-OH is 1. The van der Waals surface area contributed by atoms with Crippen molar-refractivity contribution in [1.29, 1.82) is 0 Å². The second-order valence-electron chi connectivity index (χ2n) is 7.46. The van der Waals surface area contributed by atoms with Gasteiger partial charge in [-0.3, -0.25) is 9.69 Å². The molecule has 0 unspecified atom stereocenters. The van der Waals surface area contributed by atoms with Crippen molar-refractivity contribution < 1.29 is 19.4 Å². The number of pyridine rings is 1. The molecule has 2 N–H and O–H groups in total. The molecular weight excluding hydrogens is 361 g/mol. The third-order valence-corrected chi connectivity index (χ3v) is 5.60. The van der Waals surface area contributed by atoms with Crippen LogP contribution in [-0.2, 0) is 17.8 Å². The normalized spacial score (nSPS) is 23.1. The minimum Gasteiger partial charge on any atom is -0.481 e. The lowest BCUT2D eigenvalue weighted by Crippen LogP contribution is -2.56. The summed E-state index contributed by atoms with van der Waals surface area (Å²) in [4.78, 5) is 18.7. The van der Waals surface area contributed by atoms with E-state index in [2.05, 4.69) is 4.98 Å². The first-order valence-corrected chi connectivity index (χ1v) is 9.27. The Bertz CT molecular complexity index is 988. The predicted octanol–water partition coefficient (Wildman–Crippen LogP) is 2.35. The van der Waals surface area contributed by atoms with Crippen molar-refractivity contribution in [2.45, 2.75) is 25.5 Å². The van der Waals surface area contributed by atoms with Gasteiger partial charge in [0.1, 0.15) is 16.9 Å². The summed E-state index contributed by atoms with van der Waals surface area (Å²) in [6.07, 6.45) is 3.27. The van der Waals surface area contributed by atoms with E-state index >= 15 is 0 Å². The molecule has 0 spiro atoms. The number of nitrogens with zero attached hydrogens (tertiary/aromatic N) is 3. The molecule has 0 bridgehead atoms. The highest BCUT2D eigenvalue weighted by Gasteiger charge is 2.49. The number of hydrogen-bond donors (Lipinski definition) is 2. The number of piperidine rings is 1. The van der Waals surface area contributed by atoms with Crippen LogP contribution < -0.4 is 0 Å². The topological polar surface area (TPSA) is 78.1 Å². The fourth-order valence-electron chi connectivity index (χ4n) is 4.06. The summed E-state index contributed by atoms with van der Waals surface area (Å²) >= 11 is 0. The van der Waals surface area contributed by atoms with Gasteiger partial charge in [0, 0.05) is 25.8 Å². The molecule has 1 aromatic carbocycles. The van der Waals surface area contributed by atoms with E-state index in [1.165, 1.54) is 12.1 Å². The smallest absolute Gasteiger partial charge is 0.313 e. The van der Waals surface area contributed by atoms with Crippen LogP contribution in [0.3, 0.4) is 0 Å². The van der Waals surface area contributed by atoms with Crippen LogP contribution in [0.4, 0.5) is 4.39 Å². The second-order valence-corrected chi connectivity index (χ2v) is 7.46. The quantitative estimate of drug-likeness (QED) is 0.707. The molecule has 0 radical (unpaired) electrons. The van der Waals surface area contributed by atoms with Gasteiger partial charge in [0.05, 0.1) is 18.0 Å². The number of halogens is 1. The summed E-state index contributed by atoms with van der Waals surface area (Å²) in [6.45, 7) is 1.34. The van der Waals surface area contributed by atoms with E-state index in [-0.39, 0.29) is 18.8 Å². The van der Waals surface area contributed by atoms with Crippen molar-refractivity contribution in [3.63, 3.8) is 0 Å². The molecule has 7 heteroatoms. The zero-order valence-corrected chi connectivity index (χ0v) is 15.3. The number of carboxylic acid groups (broad SMARTS) is 1. The number of aliphatic hydroxyl groups is 1. The first-order valence-electron chi connectivity index (χ1n) is 9.27. The second kappa shape index (κ2) is 7.33. The van der Waals surface area contributed by atoms with Crippen LogP contribution in [0.15, 0.2) is 54.9 Å². The van der Waals surface area contributed by atoms with Gasteiger partial charge in [-0.15, -0.1) is 0 Å². The molecule has 0 saturated carbocycles. The number of aliphatic carboxylic acids is 1. The van der Waals surface area contributed by atoms with Crippen LogP contribution in [0.5, 0.6) is 0 Å². The van der Waals surface area contributed by atoms with Crippen LogP contribution >= 0.6 is 0 Å². The Morgan fingerprint density at radius 1 is 1.25 bits per heavy atom. The van der Waals surface area contributed by atoms with Gasteiger partial charge >= 0.3 is 5.97 Å². The van der Waals surface area contributed by atoms with Gasteiger partial charge in [-0.25, -0.2) is 9.37 Å². The van der Waals surface area contributed by atoms with Gasteiger partial charge in [-0.05, 0) is 42.7 Å². The predicted molar refractivity (Wildman–Crippen MR) is 101 cm³/mol. The van der Waals surface area contributed by atoms with Gasteiger partial charge in [0.25, 0.3) is 0 Å². The fourth-order valence-corrected chi connectivity index (χ4v) is 4.06. The fraction of sp³-hybridized carbons (Fsp3) is 0.333. The zero-order chi connectivity index (χ0) is 19.7. The van der Waals surface area contributed by atoms with Crippen molar-refractivity contribution in [3.05, 3.63) is 71.9 Å². The maximum atomic E-state index is 13.2. The third kappa shape index (κ3) is 3.39. The van der Waals surface area contributed by atoms with Crippen LogP contribution in [0, 0.1) is 11.2 Å². The first-order chi connectivity index (χ1) is 13.5. The highest BCUT2D eigenvalue weighted by molar-refractivity contribution is 5.76. The maximum absolute atomic E-state index is 13.2. The Kier molecular flexibility index (Phi) is 4.87. The van der Waals surface area contributed by atoms with Crippen molar-refractivity contribution in [2.75, 3.05) is 13.1 Å². The summed E-state index contributed by atoms with van der Waals surface area (Å²) in [5.41, 5.74) is 1.16. The number of carbonyl (C=O) groups is 1. The molecule has 4 rings (SSSR count). The average molecular weight is 383 g/mol. The molecule has 6 nitrogen and oxygen atoms in total. The zero-order valence-electron chi connectivity index (χ0n) is 15.3. The highest BCUT2D eigenvalue weighted by atomic mass is 19.1. The Morgan fingerprint density at radius 2 is 2.04 bits per heavy atom. The van der Waals surface area contributed by atoms with Crippen molar-refractivity contribution >= 4 is 11.6 Å². The van der Waals surface area contributed by atoms with Crippen molar-refractivity contribution in [1.82, 2.24) is 14.3 Å². The number of likely N-dealkylation sites (tertiary alicyclic amines) is 1. The Hall–Kier alpha value is -2.77. The summed E-state index contributed by atoms with van der Waals surface area (Å²) < 4.78 is 15.2. The number of imidazole rings is 1. The van der Waals surface area contributed by atoms with E-state index in [4.69, 9.17) is 0 Å². The number of benzene rings is 1. The highest BCUT2D eigenvalue weighted by Crippen LogP contribution is 2.35. The Labute approximate surface area is 161 Å². The Balaban J connectivity index is 1.59. The van der Waals surface area contributed by atoms with Crippen molar-refractivity contribution in [2.24, 2.45) is 5.41 Å². The minimum atomic E-state index is -1.34. The van der Waals surface area contributed by atoms with E-state index in [9.17, 15) is 19.4 Å². The van der Waals surface area contributed by atoms with Crippen LogP contribution in [0.2, 0.25) is 0 Å². The molecule has 0 amide bonds. The largest absolute Gasteiger partial charge is 0.481 e. The molecule has 3 heterocycles. The number of fused-ring (bicyclic) bond motifs is 1. The number of rotatable bonds is 5. The number of carboxylic acids is 1. The molecule has 1 aliphatic heterocycles. The number of hydrogen-bond acceptors (Lipinski definition) is 4. The first kappa shape index (κ1) is 18.6. The van der Waals surface area contributed by atoms with Crippen LogP contribution in [-0.4, -0.2) is 49.7 Å². The lowest BCUT2D eigenvalue weighted by Gasteiger charge is -2.43. The SMILES string of the molecule is O=C(O)[C@]1(Cc2ccc(F)cc2)CN(Cc2cnc3ccccn23)CC[C@H]1O. The van der Waals surface area contributed by atoms with Crippen LogP contribution in [0.1, 0.15) is 17.7 Å². The van der Waals surface area contributed by atoms with E-state index in [0.29, 0.717) is 25.1 Å². The van der Waals surface area contributed by atoms with Crippen molar-refractivity contribution in [3.8, 4) is 0 Å². The number of aromatic nitrogens is 2. The standard InChI is InChI=1S/C21H22FN3O3/c22-16-6-4-15(5-7-16)11-21(20(27)28)14-24(10-8-18(21)26)13-17-12-23-19-3-1-2-9-25(17)19/h1-7,9,12,18,26H,8,10-11,13-14H2,(H,27,28)/t18-,21-/m1/s1. The summed E-state index contributed by atoms with van der Waals surface area (Å²) in [5, 5.41) is 20.6. The molecule has 0 aliphatic carbocycles. The van der Waals surface area contributed by atoms with Gasteiger partial charge in [0.15, 0.2) is 0 Å². The van der Waals surface area contributed by atoms with Crippen LogP contribution in [0.25, 0.3) is 5.65 Å². The van der Waals surface area contributed by atoms with Gasteiger partial charge in [-0.2, -0.15) is 0 Å². The molecule has 1 saturated heterocycles. The average Bonchev–Trinajstić information content (AvgIpc) is 3.09. The minimum absolute atomic E-state index is 0.146. The molecule has 2 atom stereocenters. The lowest BCUT2D eigenvalue weighted by molar-refractivity contribution is -0.163. The molecule has 2 aromatic heterocycles. The van der Waals surface area contributed by atoms with E-state index in [0.717, 1.165) is 11.3 Å². The lowest BCUT2D eigenvalue weighted by atomic mass is 9.73. The summed E-state index contributed by atoms with van der Waals surface area (Å²) in [5.74, 6) is -1.40. The monoisotopic (exact) mass is 383 g/mol.